The topological polar surface area (TPSA) is 46.3 Å². The predicted molar refractivity (Wildman–Crippen MR) is 61.6 cm³/mol. The van der Waals surface area contributed by atoms with Crippen LogP contribution in [0.4, 0.5) is 0 Å². The van der Waals surface area contributed by atoms with Crippen LogP contribution in [0.5, 0.6) is 0 Å². The van der Waals surface area contributed by atoms with E-state index >= 15 is 0 Å². The molecule has 0 fully saturated rings. The first-order valence-corrected chi connectivity index (χ1v) is 5.11. The molecule has 1 rings (SSSR count). The lowest BCUT2D eigenvalue weighted by Gasteiger charge is -2.10. The number of nitrogens with zero attached hydrogens (tertiary/aromatic N) is 1. The number of hydrogen-bond acceptors (Lipinski definition) is 2. The molecule has 0 bridgehead atoms. The molecule has 1 aromatic carbocycles. The summed E-state index contributed by atoms with van der Waals surface area (Å²) < 4.78 is 0. The molecule has 0 aliphatic heterocycles. The van der Waals surface area contributed by atoms with Gasteiger partial charge >= 0.3 is 0 Å². The van der Waals surface area contributed by atoms with Crippen LogP contribution < -0.4 is 5.73 Å². The van der Waals surface area contributed by atoms with E-state index < -0.39 is 0 Å². The fourth-order valence-corrected chi connectivity index (χ4v) is 1.32. The normalized spacial score (nSPS) is 10.1. The highest BCUT2D eigenvalue weighted by Crippen LogP contribution is 2.06. The lowest BCUT2D eigenvalue weighted by molar-refractivity contribution is -0.127. The molecular formula is C12H18N2O. The van der Waals surface area contributed by atoms with Gasteiger partial charge in [0, 0.05) is 14.1 Å². The Bertz CT molecular complexity index is 317. The molecule has 0 unspecified atom stereocenters. The molecule has 0 spiro atoms. The van der Waals surface area contributed by atoms with E-state index in [-0.39, 0.29) is 5.91 Å². The number of nitrogens with two attached hydrogens (primary N) is 1. The second-order valence-electron chi connectivity index (χ2n) is 3.82. The van der Waals surface area contributed by atoms with Crippen molar-refractivity contribution < 1.29 is 4.79 Å². The zero-order chi connectivity index (χ0) is 11.3. The van der Waals surface area contributed by atoms with Crippen molar-refractivity contribution >= 4 is 5.91 Å². The Morgan fingerprint density at radius 1 is 1.20 bits per heavy atom. The average Bonchev–Trinajstić information content (AvgIpc) is 2.21. The monoisotopic (exact) mass is 206 g/mol. The molecule has 2 N–H and O–H groups in total. The lowest BCUT2D eigenvalue weighted by Crippen LogP contribution is -2.23. The average molecular weight is 206 g/mol. The Morgan fingerprint density at radius 3 is 2.20 bits per heavy atom. The summed E-state index contributed by atoms with van der Waals surface area (Å²) in [5, 5.41) is 0. The van der Waals surface area contributed by atoms with Crippen molar-refractivity contribution in [2.75, 3.05) is 20.6 Å². The summed E-state index contributed by atoms with van der Waals surface area (Å²) in [6, 6.07) is 8.05. The van der Waals surface area contributed by atoms with Gasteiger partial charge < -0.3 is 10.6 Å². The molecular weight excluding hydrogens is 188 g/mol. The largest absolute Gasteiger partial charge is 0.349 e. The summed E-state index contributed by atoms with van der Waals surface area (Å²) in [4.78, 5) is 13.0. The van der Waals surface area contributed by atoms with Crippen LogP contribution >= 0.6 is 0 Å². The van der Waals surface area contributed by atoms with Crippen molar-refractivity contribution in [2.24, 2.45) is 5.73 Å². The van der Waals surface area contributed by atoms with Crippen LogP contribution in [-0.4, -0.2) is 31.4 Å². The zero-order valence-electron chi connectivity index (χ0n) is 9.36. The van der Waals surface area contributed by atoms with Gasteiger partial charge in [-0.1, -0.05) is 24.3 Å². The van der Waals surface area contributed by atoms with Crippen LogP contribution in [0.2, 0.25) is 0 Å². The Labute approximate surface area is 90.9 Å². The SMILES string of the molecule is CN(C)C(=O)Cc1ccc(CCN)cc1. The van der Waals surface area contributed by atoms with Crippen LogP contribution in [0.1, 0.15) is 11.1 Å². The molecule has 0 aromatic heterocycles. The molecule has 0 heterocycles. The molecule has 0 aliphatic rings. The molecule has 0 atom stereocenters. The summed E-state index contributed by atoms with van der Waals surface area (Å²) in [5.41, 5.74) is 7.73. The van der Waals surface area contributed by atoms with Crippen LogP contribution in [0.15, 0.2) is 24.3 Å². The summed E-state index contributed by atoms with van der Waals surface area (Å²) in [6.07, 6.45) is 1.36. The number of hydrogen-bond donors (Lipinski definition) is 1. The Morgan fingerprint density at radius 2 is 1.73 bits per heavy atom. The number of carbonyl (C=O) groups excluding carboxylic acids is 1. The molecule has 15 heavy (non-hydrogen) atoms. The van der Waals surface area contributed by atoms with Crippen molar-refractivity contribution in [2.45, 2.75) is 12.8 Å². The predicted octanol–water partition coefficient (Wildman–Crippen LogP) is 0.818. The fourth-order valence-electron chi connectivity index (χ4n) is 1.32. The Hall–Kier alpha value is -1.35. The highest BCUT2D eigenvalue weighted by atomic mass is 16.2. The highest BCUT2D eigenvalue weighted by Gasteiger charge is 2.04. The van der Waals surface area contributed by atoms with Crippen molar-refractivity contribution in [3.05, 3.63) is 35.4 Å². The summed E-state index contributed by atoms with van der Waals surface area (Å²) in [6.45, 7) is 0.663. The molecule has 82 valence electrons. The first-order valence-electron chi connectivity index (χ1n) is 5.11. The molecule has 3 nitrogen and oxygen atoms in total. The third kappa shape index (κ3) is 3.72. The minimum atomic E-state index is 0.126. The number of benzene rings is 1. The Balaban J connectivity index is 2.60. The third-order valence-electron chi connectivity index (χ3n) is 2.31. The van der Waals surface area contributed by atoms with E-state index in [1.807, 2.05) is 24.3 Å². The van der Waals surface area contributed by atoms with Gasteiger partial charge in [-0.3, -0.25) is 4.79 Å². The van der Waals surface area contributed by atoms with Gasteiger partial charge in [-0.05, 0) is 24.1 Å². The minimum Gasteiger partial charge on any atom is -0.349 e. The van der Waals surface area contributed by atoms with Crippen molar-refractivity contribution in [3.8, 4) is 0 Å². The quantitative estimate of drug-likeness (QED) is 0.792. The van der Waals surface area contributed by atoms with Gasteiger partial charge in [0.15, 0.2) is 0 Å². The van der Waals surface area contributed by atoms with E-state index in [1.165, 1.54) is 5.56 Å². The van der Waals surface area contributed by atoms with Gasteiger partial charge in [0.1, 0.15) is 0 Å². The lowest BCUT2D eigenvalue weighted by atomic mass is 10.1. The molecule has 0 radical (unpaired) electrons. The molecule has 1 aromatic rings. The van der Waals surface area contributed by atoms with Gasteiger partial charge in [-0.2, -0.15) is 0 Å². The molecule has 1 amide bonds. The molecule has 0 aliphatic carbocycles. The first-order chi connectivity index (χ1) is 7.13. The molecule has 3 heteroatoms. The van der Waals surface area contributed by atoms with Gasteiger partial charge in [-0.25, -0.2) is 0 Å². The fraction of sp³-hybridized carbons (Fsp3) is 0.417. The smallest absolute Gasteiger partial charge is 0.226 e. The highest BCUT2D eigenvalue weighted by molar-refractivity contribution is 5.78. The maximum absolute atomic E-state index is 11.4. The summed E-state index contributed by atoms with van der Waals surface area (Å²) in [5.74, 6) is 0.126. The number of amides is 1. The van der Waals surface area contributed by atoms with Gasteiger partial charge in [-0.15, -0.1) is 0 Å². The summed E-state index contributed by atoms with van der Waals surface area (Å²) >= 11 is 0. The van der Waals surface area contributed by atoms with Crippen molar-refractivity contribution in [1.82, 2.24) is 4.90 Å². The van der Waals surface area contributed by atoms with E-state index in [4.69, 9.17) is 5.73 Å². The van der Waals surface area contributed by atoms with E-state index in [9.17, 15) is 4.79 Å². The number of rotatable bonds is 4. The third-order valence-corrected chi connectivity index (χ3v) is 2.31. The molecule has 0 saturated heterocycles. The van der Waals surface area contributed by atoms with Crippen molar-refractivity contribution in [3.63, 3.8) is 0 Å². The Kier molecular flexibility index (Phi) is 4.31. The van der Waals surface area contributed by atoms with E-state index in [2.05, 4.69) is 0 Å². The van der Waals surface area contributed by atoms with Crippen molar-refractivity contribution in [1.29, 1.82) is 0 Å². The second-order valence-corrected chi connectivity index (χ2v) is 3.82. The van der Waals surface area contributed by atoms with Crippen LogP contribution in [-0.2, 0) is 17.6 Å². The number of carbonyl (C=O) groups is 1. The van der Waals surface area contributed by atoms with Crippen LogP contribution in [0.25, 0.3) is 0 Å². The van der Waals surface area contributed by atoms with Crippen LogP contribution in [0, 0.1) is 0 Å². The second kappa shape index (κ2) is 5.51. The first kappa shape index (κ1) is 11.7. The van der Waals surface area contributed by atoms with Crippen LogP contribution in [0.3, 0.4) is 0 Å². The summed E-state index contributed by atoms with van der Waals surface area (Å²) in [7, 11) is 3.54. The molecule has 0 saturated carbocycles. The standard InChI is InChI=1S/C12H18N2O/c1-14(2)12(15)9-11-5-3-10(4-6-11)7-8-13/h3-6H,7-9,13H2,1-2H3. The maximum atomic E-state index is 11.4. The van der Waals surface area contributed by atoms with E-state index in [0.29, 0.717) is 13.0 Å². The van der Waals surface area contributed by atoms with E-state index in [1.54, 1.807) is 19.0 Å². The van der Waals surface area contributed by atoms with Gasteiger partial charge in [0.25, 0.3) is 0 Å². The van der Waals surface area contributed by atoms with Gasteiger partial charge in [0.2, 0.25) is 5.91 Å². The van der Waals surface area contributed by atoms with Gasteiger partial charge in [0.05, 0.1) is 6.42 Å². The van der Waals surface area contributed by atoms with E-state index in [0.717, 1.165) is 12.0 Å². The maximum Gasteiger partial charge on any atom is 0.226 e. The minimum absolute atomic E-state index is 0.126. The zero-order valence-corrected chi connectivity index (χ0v) is 9.36. The number of likely N-dealkylation sites (N-methyl/N-ethyl adjacent to an activating group) is 1.